The largest absolute Gasteiger partial charge is 0.346 e. The van der Waals surface area contributed by atoms with Gasteiger partial charge in [-0.3, -0.25) is 4.79 Å². The summed E-state index contributed by atoms with van der Waals surface area (Å²) in [6.07, 6.45) is 3.18. The number of aromatic nitrogens is 4. The van der Waals surface area contributed by atoms with Gasteiger partial charge in [0.2, 0.25) is 5.91 Å². The van der Waals surface area contributed by atoms with E-state index in [1.807, 2.05) is 73.1 Å². The zero-order valence-corrected chi connectivity index (χ0v) is 18.9. The maximum Gasteiger partial charge on any atom is 0.225 e. The first kappa shape index (κ1) is 21.2. The summed E-state index contributed by atoms with van der Waals surface area (Å²) in [6, 6.07) is 17.8. The lowest BCUT2D eigenvalue weighted by atomic mass is 10.1. The second-order valence-electron chi connectivity index (χ2n) is 7.61. The number of hydrogen-bond donors (Lipinski definition) is 2. The molecule has 7 heteroatoms. The fraction of sp³-hybridized carbons (Fsp3) is 0.292. The molecule has 0 aliphatic rings. The molecule has 0 spiro atoms. The smallest absolute Gasteiger partial charge is 0.225 e. The number of rotatable bonds is 8. The summed E-state index contributed by atoms with van der Waals surface area (Å²) in [7, 11) is 0. The molecule has 0 aliphatic carbocycles. The van der Waals surface area contributed by atoms with E-state index in [2.05, 4.69) is 21.7 Å². The van der Waals surface area contributed by atoms with E-state index in [0.717, 1.165) is 51.7 Å². The third-order valence-electron chi connectivity index (χ3n) is 5.46. The highest BCUT2D eigenvalue weighted by molar-refractivity contribution is 7.98. The van der Waals surface area contributed by atoms with Crippen LogP contribution in [0.3, 0.4) is 0 Å². The Hall–Kier alpha value is -3.06. The van der Waals surface area contributed by atoms with Gasteiger partial charge in [0, 0.05) is 11.3 Å². The van der Waals surface area contributed by atoms with Crippen molar-refractivity contribution in [3.05, 3.63) is 77.4 Å². The third-order valence-corrected chi connectivity index (χ3v) is 6.11. The van der Waals surface area contributed by atoms with Crippen LogP contribution in [0.5, 0.6) is 0 Å². The summed E-state index contributed by atoms with van der Waals surface area (Å²) in [5.74, 6) is 1.72. The molecule has 1 amide bonds. The molecule has 0 bridgehead atoms. The molecule has 0 radical (unpaired) electrons. The number of nitrogens with one attached hydrogen (secondary N) is 2. The molecule has 2 heterocycles. The number of aromatic amines is 1. The van der Waals surface area contributed by atoms with Crippen LogP contribution in [0.25, 0.3) is 16.7 Å². The summed E-state index contributed by atoms with van der Waals surface area (Å²) in [4.78, 5) is 21.1. The van der Waals surface area contributed by atoms with E-state index in [-0.39, 0.29) is 11.9 Å². The second-order valence-corrected chi connectivity index (χ2v) is 8.60. The number of thioether (sulfide) groups is 1. The van der Waals surface area contributed by atoms with E-state index in [1.54, 1.807) is 11.8 Å². The number of fused-ring (bicyclic) bond motifs is 1. The van der Waals surface area contributed by atoms with Gasteiger partial charge in [0.05, 0.1) is 34.9 Å². The number of para-hydroxylation sites is 3. The number of imidazole rings is 1. The molecule has 2 aromatic carbocycles. The quantitative estimate of drug-likeness (QED) is 0.428. The lowest BCUT2D eigenvalue weighted by Crippen LogP contribution is -2.31. The molecule has 0 saturated heterocycles. The number of amides is 1. The topological polar surface area (TPSA) is 75.6 Å². The van der Waals surface area contributed by atoms with Gasteiger partial charge in [0.25, 0.3) is 0 Å². The van der Waals surface area contributed by atoms with Gasteiger partial charge in [-0.25, -0.2) is 9.67 Å². The van der Waals surface area contributed by atoms with Gasteiger partial charge >= 0.3 is 0 Å². The maximum absolute atomic E-state index is 13.0. The first-order chi connectivity index (χ1) is 15.1. The average molecular weight is 434 g/mol. The normalized spacial score (nSPS) is 12.2. The number of benzene rings is 2. The Bertz CT molecular complexity index is 1150. The Kier molecular flexibility index (Phi) is 6.42. The van der Waals surface area contributed by atoms with Crippen LogP contribution in [0.4, 0.5) is 0 Å². The van der Waals surface area contributed by atoms with Gasteiger partial charge in [-0.2, -0.15) is 16.9 Å². The lowest BCUT2D eigenvalue weighted by Gasteiger charge is -2.16. The third kappa shape index (κ3) is 4.66. The van der Waals surface area contributed by atoms with E-state index in [4.69, 9.17) is 4.98 Å². The van der Waals surface area contributed by atoms with Gasteiger partial charge < -0.3 is 10.3 Å². The monoisotopic (exact) mass is 433 g/mol. The minimum absolute atomic E-state index is 0.0228. The van der Waals surface area contributed by atoms with Crippen LogP contribution < -0.4 is 5.32 Å². The second kappa shape index (κ2) is 9.39. The van der Waals surface area contributed by atoms with Crippen molar-refractivity contribution >= 4 is 28.7 Å². The maximum atomic E-state index is 13.0. The molecule has 0 fully saturated rings. The molecular weight excluding hydrogens is 406 g/mol. The van der Waals surface area contributed by atoms with E-state index in [1.165, 1.54) is 0 Å². The number of carbonyl (C=O) groups is 1. The minimum atomic E-state index is -0.155. The predicted molar refractivity (Wildman–Crippen MR) is 127 cm³/mol. The zero-order chi connectivity index (χ0) is 21.8. The van der Waals surface area contributed by atoms with Crippen molar-refractivity contribution < 1.29 is 4.79 Å². The number of hydrogen-bond acceptors (Lipinski definition) is 4. The van der Waals surface area contributed by atoms with Crippen LogP contribution in [0.1, 0.15) is 35.2 Å². The zero-order valence-electron chi connectivity index (χ0n) is 18.1. The molecule has 6 nitrogen and oxygen atoms in total. The number of H-pyrrole nitrogens is 1. The van der Waals surface area contributed by atoms with Crippen LogP contribution in [-0.4, -0.2) is 37.7 Å². The summed E-state index contributed by atoms with van der Waals surface area (Å²) in [5, 5.41) is 7.86. The average Bonchev–Trinajstić information content (AvgIpc) is 3.33. The van der Waals surface area contributed by atoms with Crippen molar-refractivity contribution in [3.8, 4) is 5.69 Å². The van der Waals surface area contributed by atoms with E-state index < -0.39 is 0 Å². The van der Waals surface area contributed by atoms with Crippen LogP contribution >= 0.6 is 11.8 Å². The van der Waals surface area contributed by atoms with Gasteiger partial charge in [0.15, 0.2) is 0 Å². The van der Waals surface area contributed by atoms with Crippen molar-refractivity contribution in [1.82, 2.24) is 25.1 Å². The predicted octanol–water partition coefficient (Wildman–Crippen LogP) is 4.52. The summed E-state index contributed by atoms with van der Waals surface area (Å²) in [6.45, 7) is 3.97. The fourth-order valence-electron chi connectivity index (χ4n) is 3.81. The molecule has 4 rings (SSSR count). The standard InChI is InChI=1S/C24H27N5OS/c1-16-19(17(2)29(28-16)18-9-5-4-6-10-18)15-23(30)25-22(13-14-31-3)24-26-20-11-7-8-12-21(20)27-24/h4-12,22H,13-15H2,1-3H3,(H,25,30)(H,26,27). The van der Waals surface area contributed by atoms with Crippen LogP contribution in [0.15, 0.2) is 54.6 Å². The number of nitrogens with zero attached hydrogens (tertiary/aromatic N) is 3. The van der Waals surface area contributed by atoms with E-state index in [0.29, 0.717) is 6.42 Å². The van der Waals surface area contributed by atoms with Crippen molar-refractivity contribution in [2.75, 3.05) is 12.0 Å². The highest BCUT2D eigenvalue weighted by Gasteiger charge is 2.21. The van der Waals surface area contributed by atoms with E-state index in [9.17, 15) is 4.79 Å². The molecule has 4 aromatic rings. The summed E-state index contributed by atoms with van der Waals surface area (Å²) in [5.41, 5.74) is 5.72. The molecule has 2 N–H and O–H groups in total. The van der Waals surface area contributed by atoms with Gasteiger partial charge in [-0.1, -0.05) is 30.3 Å². The van der Waals surface area contributed by atoms with Crippen molar-refractivity contribution in [2.45, 2.75) is 32.7 Å². The highest BCUT2D eigenvalue weighted by atomic mass is 32.2. The molecule has 0 aliphatic heterocycles. The molecule has 31 heavy (non-hydrogen) atoms. The van der Waals surface area contributed by atoms with Crippen LogP contribution in [-0.2, 0) is 11.2 Å². The Morgan fingerprint density at radius 1 is 1.13 bits per heavy atom. The first-order valence-electron chi connectivity index (χ1n) is 10.4. The van der Waals surface area contributed by atoms with Crippen LogP contribution in [0, 0.1) is 13.8 Å². The SMILES string of the molecule is CSCCC(NC(=O)Cc1c(C)nn(-c2ccccc2)c1C)c1nc2ccccc2[nH]1. The number of aryl methyl sites for hydroxylation is 1. The molecule has 2 aromatic heterocycles. The molecular formula is C24H27N5OS. The summed E-state index contributed by atoms with van der Waals surface area (Å²) >= 11 is 1.76. The fourth-order valence-corrected chi connectivity index (χ4v) is 4.28. The highest BCUT2D eigenvalue weighted by Crippen LogP contribution is 2.22. The Morgan fingerprint density at radius 3 is 2.61 bits per heavy atom. The van der Waals surface area contributed by atoms with E-state index >= 15 is 0 Å². The summed E-state index contributed by atoms with van der Waals surface area (Å²) < 4.78 is 1.91. The van der Waals surface area contributed by atoms with Gasteiger partial charge in [-0.15, -0.1) is 0 Å². The number of carbonyl (C=O) groups excluding carboxylic acids is 1. The molecule has 160 valence electrons. The molecule has 0 saturated carbocycles. The molecule has 1 unspecified atom stereocenters. The minimum Gasteiger partial charge on any atom is -0.346 e. The van der Waals surface area contributed by atoms with Crippen LogP contribution in [0.2, 0.25) is 0 Å². The van der Waals surface area contributed by atoms with Crippen molar-refractivity contribution in [3.63, 3.8) is 0 Å². The molecule has 1 atom stereocenters. The van der Waals surface area contributed by atoms with Gasteiger partial charge in [0.1, 0.15) is 5.82 Å². The van der Waals surface area contributed by atoms with Crippen molar-refractivity contribution in [2.24, 2.45) is 0 Å². The Balaban J connectivity index is 1.54. The lowest BCUT2D eigenvalue weighted by molar-refractivity contribution is -0.121. The Labute approximate surface area is 186 Å². The van der Waals surface area contributed by atoms with Crippen molar-refractivity contribution in [1.29, 1.82) is 0 Å². The first-order valence-corrected chi connectivity index (χ1v) is 11.8. The van der Waals surface area contributed by atoms with Gasteiger partial charge in [-0.05, 0) is 56.5 Å². The Morgan fingerprint density at radius 2 is 1.87 bits per heavy atom.